The van der Waals surface area contributed by atoms with Crippen LogP contribution in [0.25, 0.3) is 16.9 Å². The molecule has 1 amide bonds. The number of aromatic nitrogens is 3. The Morgan fingerprint density at radius 1 is 1.07 bits per heavy atom. The molecule has 1 saturated heterocycles. The molecular weight excluding hydrogens is 368 g/mol. The lowest BCUT2D eigenvalue weighted by Gasteiger charge is -2.32. The van der Waals surface area contributed by atoms with Gasteiger partial charge in [-0.25, -0.2) is 14.3 Å². The summed E-state index contributed by atoms with van der Waals surface area (Å²) in [6.07, 6.45) is 1.65. The predicted octanol–water partition coefficient (Wildman–Crippen LogP) is 0.551. The van der Waals surface area contributed by atoms with Crippen molar-refractivity contribution in [3.8, 4) is 5.69 Å². The fraction of sp³-hybridized carbons (Fsp3) is 0.381. The number of para-hydroxylation sites is 1. The molecule has 8 nitrogen and oxygen atoms in total. The van der Waals surface area contributed by atoms with E-state index >= 15 is 0 Å². The highest BCUT2D eigenvalue weighted by atomic mass is 16.2. The van der Waals surface area contributed by atoms with E-state index in [4.69, 9.17) is 0 Å². The monoisotopic (exact) mass is 394 g/mol. The second-order valence-electron chi connectivity index (χ2n) is 7.38. The summed E-state index contributed by atoms with van der Waals surface area (Å²) in [7, 11) is 2.12. The lowest BCUT2D eigenvalue weighted by atomic mass is 10.3. The zero-order valence-corrected chi connectivity index (χ0v) is 16.6. The molecular formula is C21H26N6O2. The molecule has 0 aliphatic carbocycles. The van der Waals surface area contributed by atoms with Gasteiger partial charge in [0.05, 0.1) is 11.2 Å². The number of likely N-dealkylation sites (N-methyl/N-ethyl adjacent to an activating group) is 1. The number of carbonyl (C=O) groups is 1. The van der Waals surface area contributed by atoms with E-state index in [2.05, 4.69) is 27.1 Å². The van der Waals surface area contributed by atoms with Crippen molar-refractivity contribution in [2.75, 3.05) is 46.3 Å². The molecule has 4 rings (SSSR count). The van der Waals surface area contributed by atoms with Crippen LogP contribution in [-0.2, 0) is 11.3 Å². The second-order valence-corrected chi connectivity index (χ2v) is 7.38. The van der Waals surface area contributed by atoms with E-state index < -0.39 is 0 Å². The van der Waals surface area contributed by atoms with E-state index in [0.29, 0.717) is 17.7 Å². The molecule has 1 N–H and O–H groups in total. The number of piperazine rings is 1. The van der Waals surface area contributed by atoms with Crippen LogP contribution in [0.1, 0.15) is 0 Å². The molecule has 29 heavy (non-hydrogen) atoms. The van der Waals surface area contributed by atoms with Crippen LogP contribution in [0.5, 0.6) is 0 Å². The van der Waals surface area contributed by atoms with Crippen LogP contribution in [0.3, 0.4) is 0 Å². The van der Waals surface area contributed by atoms with Crippen LogP contribution >= 0.6 is 0 Å². The van der Waals surface area contributed by atoms with Crippen molar-refractivity contribution in [3.05, 3.63) is 59.1 Å². The maximum absolute atomic E-state index is 13.1. The number of nitrogens with one attached hydrogen (secondary N) is 1. The molecule has 2 aromatic heterocycles. The normalized spacial score (nSPS) is 15.6. The number of hydrogen-bond donors (Lipinski definition) is 1. The number of nitrogens with zero attached hydrogens (tertiary/aromatic N) is 5. The summed E-state index contributed by atoms with van der Waals surface area (Å²) in [5.41, 5.74) is 1.67. The summed E-state index contributed by atoms with van der Waals surface area (Å²) in [4.78, 5) is 34.6. The molecule has 1 aromatic carbocycles. The van der Waals surface area contributed by atoms with Gasteiger partial charge in [0.1, 0.15) is 6.54 Å². The molecule has 0 unspecified atom stereocenters. The van der Waals surface area contributed by atoms with Gasteiger partial charge >= 0.3 is 5.69 Å². The van der Waals surface area contributed by atoms with Gasteiger partial charge in [0.25, 0.3) is 0 Å². The first kappa shape index (κ1) is 19.4. The van der Waals surface area contributed by atoms with E-state index in [0.717, 1.165) is 38.4 Å². The second kappa shape index (κ2) is 8.59. The third-order valence-electron chi connectivity index (χ3n) is 5.35. The Bertz CT molecular complexity index is 1030. The summed E-state index contributed by atoms with van der Waals surface area (Å²) < 4.78 is 3.04. The van der Waals surface area contributed by atoms with E-state index in [-0.39, 0.29) is 18.1 Å². The minimum Gasteiger partial charge on any atom is -0.353 e. The van der Waals surface area contributed by atoms with Crippen molar-refractivity contribution in [1.82, 2.24) is 29.2 Å². The van der Waals surface area contributed by atoms with Crippen molar-refractivity contribution in [3.63, 3.8) is 0 Å². The summed E-state index contributed by atoms with van der Waals surface area (Å²) in [5.74, 6) is -0.169. The van der Waals surface area contributed by atoms with E-state index in [1.54, 1.807) is 16.8 Å². The highest BCUT2D eigenvalue weighted by molar-refractivity contribution is 5.80. The van der Waals surface area contributed by atoms with Gasteiger partial charge in [0.15, 0.2) is 5.65 Å². The topological polar surface area (TPSA) is 75.4 Å². The molecule has 1 aliphatic rings. The number of hydrogen-bond acceptors (Lipinski definition) is 5. The zero-order chi connectivity index (χ0) is 20.2. The van der Waals surface area contributed by atoms with E-state index in [9.17, 15) is 9.59 Å². The maximum atomic E-state index is 13.1. The average molecular weight is 394 g/mol. The molecule has 152 valence electrons. The zero-order valence-electron chi connectivity index (χ0n) is 16.6. The highest BCUT2D eigenvalue weighted by Crippen LogP contribution is 2.15. The summed E-state index contributed by atoms with van der Waals surface area (Å²) in [6, 6.07) is 13.0. The third-order valence-corrected chi connectivity index (χ3v) is 5.35. The van der Waals surface area contributed by atoms with Gasteiger partial charge in [0.2, 0.25) is 5.91 Å². The standard InChI is InChI=1S/C21H26N6O2/c1-24-12-14-25(15-13-24)11-10-22-19(28)16-26-18-8-5-9-23-20(18)27(21(26)29)17-6-3-2-4-7-17/h2-9H,10-16H2,1H3,(H,22,28). The minimum absolute atomic E-state index is 0.0242. The number of imidazole rings is 1. The molecule has 0 spiro atoms. The van der Waals surface area contributed by atoms with Crippen molar-refractivity contribution in [2.45, 2.75) is 6.54 Å². The highest BCUT2D eigenvalue weighted by Gasteiger charge is 2.18. The van der Waals surface area contributed by atoms with Gasteiger partial charge in [-0.1, -0.05) is 18.2 Å². The number of carbonyl (C=O) groups excluding carboxylic acids is 1. The van der Waals surface area contributed by atoms with Crippen molar-refractivity contribution in [2.24, 2.45) is 0 Å². The van der Waals surface area contributed by atoms with Crippen molar-refractivity contribution in [1.29, 1.82) is 0 Å². The largest absolute Gasteiger partial charge is 0.353 e. The van der Waals surface area contributed by atoms with Crippen LogP contribution in [-0.4, -0.2) is 76.1 Å². The van der Waals surface area contributed by atoms with Crippen LogP contribution in [0.2, 0.25) is 0 Å². The SMILES string of the molecule is CN1CCN(CCNC(=O)Cn2c(=O)n(-c3ccccc3)c3ncccc32)CC1. The smallest absolute Gasteiger partial charge is 0.335 e. The van der Waals surface area contributed by atoms with Gasteiger partial charge in [0, 0.05) is 45.5 Å². The first-order chi connectivity index (χ1) is 14.1. The molecule has 1 fully saturated rings. The number of pyridine rings is 1. The lowest BCUT2D eigenvalue weighted by Crippen LogP contribution is -2.47. The number of fused-ring (bicyclic) bond motifs is 1. The third kappa shape index (κ3) is 4.23. The first-order valence-electron chi connectivity index (χ1n) is 9.93. The fourth-order valence-corrected chi connectivity index (χ4v) is 3.67. The van der Waals surface area contributed by atoms with Crippen molar-refractivity contribution >= 4 is 17.1 Å². The maximum Gasteiger partial charge on any atom is 0.335 e. The molecule has 8 heteroatoms. The summed E-state index contributed by atoms with van der Waals surface area (Å²) in [5, 5.41) is 2.95. The molecule has 1 aliphatic heterocycles. The Kier molecular flexibility index (Phi) is 5.73. The van der Waals surface area contributed by atoms with Crippen LogP contribution < -0.4 is 11.0 Å². The Hall–Kier alpha value is -2.97. The Morgan fingerprint density at radius 3 is 2.59 bits per heavy atom. The van der Waals surface area contributed by atoms with E-state index in [1.807, 2.05) is 36.4 Å². The number of amides is 1. The average Bonchev–Trinajstić information content (AvgIpc) is 3.02. The molecule has 0 saturated carbocycles. The summed E-state index contributed by atoms with van der Waals surface area (Å²) >= 11 is 0. The van der Waals surface area contributed by atoms with E-state index in [1.165, 1.54) is 4.57 Å². The van der Waals surface area contributed by atoms with Crippen LogP contribution in [0.4, 0.5) is 0 Å². The van der Waals surface area contributed by atoms with Crippen LogP contribution in [0, 0.1) is 0 Å². The Morgan fingerprint density at radius 2 is 1.83 bits per heavy atom. The fourth-order valence-electron chi connectivity index (χ4n) is 3.67. The minimum atomic E-state index is -0.265. The van der Waals surface area contributed by atoms with Gasteiger partial charge in [-0.3, -0.25) is 14.3 Å². The first-order valence-corrected chi connectivity index (χ1v) is 9.93. The van der Waals surface area contributed by atoms with Gasteiger partial charge in [-0.05, 0) is 31.3 Å². The summed E-state index contributed by atoms with van der Waals surface area (Å²) in [6.45, 7) is 5.51. The molecule has 3 heterocycles. The Labute approximate surface area is 169 Å². The molecule has 0 radical (unpaired) electrons. The lowest BCUT2D eigenvalue weighted by molar-refractivity contribution is -0.121. The number of rotatable bonds is 6. The van der Waals surface area contributed by atoms with Gasteiger partial charge in [-0.15, -0.1) is 0 Å². The number of benzene rings is 1. The van der Waals surface area contributed by atoms with Gasteiger partial charge < -0.3 is 10.2 Å². The molecule has 3 aromatic rings. The van der Waals surface area contributed by atoms with Gasteiger partial charge in [-0.2, -0.15) is 0 Å². The quantitative estimate of drug-likeness (QED) is 0.661. The van der Waals surface area contributed by atoms with Crippen molar-refractivity contribution < 1.29 is 4.79 Å². The van der Waals surface area contributed by atoms with Crippen LogP contribution in [0.15, 0.2) is 53.5 Å². The molecule has 0 atom stereocenters. The molecule has 0 bridgehead atoms. The Balaban J connectivity index is 1.47. The predicted molar refractivity (Wildman–Crippen MR) is 112 cm³/mol.